The highest BCUT2D eigenvalue weighted by molar-refractivity contribution is 5.46. The highest BCUT2D eigenvalue weighted by atomic mass is 16.5. The van der Waals surface area contributed by atoms with Crippen LogP contribution in [0.1, 0.15) is 32.9 Å². The molecule has 2 heterocycles. The molecule has 0 bridgehead atoms. The average molecular weight is 277 g/mol. The molecule has 4 nitrogen and oxygen atoms in total. The summed E-state index contributed by atoms with van der Waals surface area (Å²) in [5.41, 5.74) is 2.37. The van der Waals surface area contributed by atoms with Gasteiger partial charge in [-0.25, -0.2) is 0 Å². The van der Waals surface area contributed by atoms with Crippen molar-refractivity contribution < 1.29 is 4.74 Å². The molecule has 0 amide bonds. The van der Waals surface area contributed by atoms with E-state index in [-0.39, 0.29) is 0 Å². The fourth-order valence-electron chi connectivity index (χ4n) is 2.48. The molecule has 1 saturated heterocycles. The van der Waals surface area contributed by atoms with Gasteiger partial charge in [0.1, 0.15) is 0 Å². The van der Waals surface area contributed by atoms with Gasteiger partial charge < -0.3 is 15.0 Å². The van der Waals surface area contributed by atoms with Crippen molar-refractivity contribution in [3.8, 4) is 0 Å². The molecule has 1 aliphatic rings. The molecular formula is C16H27N3O. The third kappa shape index (κ3) is 4.76. The van der Waals surface area contributed by atoms with Gasteiger partial charge in [-0.15, -0.1) is 0 Å². The van der Waals surface area contributed by atoms with Crippen molar-refractivity contribution in [2.45, 2.75) is 39.8 Å². The molecule has 0 aromatic carbocycles. The SMILES string of the molecule is CC(C)CNCc1cc(N2CCCOC(C)C2)ccn1. The number of nitrogens with one attached hydrogen (secondary N) is 1. The number of hydrogen-bond donors (Lipinski definition) is 1. The monoisotopic (exact) mass is 277 g/mol. The minimum atomic E-state index is 0.299. The van der Waals surface area contributed by atoms with Gasteiger partial charge in [0.25, 0.3) is 0 Å². The van der Waals surface area contributed by atoms with E-state index in [1.54, 1.807) is 0 Å². The fourth-order valence-corrected chi connectivity index (χ4v) is 2.48. The van der Waals surface area contributed by atoms with Crippen LogP contribution in [-0.4, -0.2) is 37.3 Å². The first-order chi connectivity index (χ1) is 9.65. The molecule has 1 aliphatic heterocycles. The molecule has 1 unspecified atom stereocenters. The van der Waals surface area contributed by atoms with Gasteiger partial charge >= 0.3 is 0 Å². The van der Waals surface area contributed by atoms with Crippen molar-refractivity contribution >= 4 is 5.69 Å². The summed E-state index contributed by atoms with van der Waals surface area (Å²) in [5.74, 6) is 0.668. The molecule has 0 radical (unpaired) electrons. The maximum absolute atomic E-state index is 5.71. The Kier molecular flexibility index (Phi) is 5.80. The number of hydrogen-bond acceptors (Lipinski definition) is 4. The first-order valence-electron chi connectivity index (χ1n) is 7.67. The molecule has 20 heavy (non-hydrogen) atoms. The Balaban J connectivity index is 1.97. The topological polar surface area (TPSA) is 37.4 Å². The molecule has 1 fully saturated rings. The van der Waals surface area contributed by atoms with E-state index in [0.29, 0.717) is 12.0 Å². The van der Waals surface area contributed by atoms with E-state index in [9.17, 15) is 0 Å². The standard InChI is InChI=1S/C16H27N3O/c1-13(2)10-17-11-15-9-16(5-6-18-15)19-7-4-8-20-14(3)12-19/h5-6,9,13-14,17H,4,7-8,10-12H2,1-3H3. The van der Waals surface area contributed by atoms with Crippen LogP contribution >= 0.6 is 0 Å². The van der Waals surface area contributed by atoms with Crippen LogP contribution in [0.3, 0.4) is 0 Å². The summed E-state index contributed by atoms with van der Waals surface area (Å²) in [6.07, 6.45) is 3.30. The molecule has 0 spiro atoms. The Morgan fingerprint density at radius 2 is 2.35 bits per heavy atom. The lowest BCUT2D eigenvalue weighted by molar-refractivity contribution is 0.0821. The van der Waals surface area contributed by atoms with Crippen molar-refractivity contribution in [1.82, 2.24) is 10.3 Å². The quantitative estimate of drug-likeness (QED) is 0.897. The van der Waals surface area contributed by atoms with Gasteiger partial charge in [0.2, 0.25) is 0 Å². The first-order valence-corrected chi connectivity index (χ1v) is 7.67. The van der Waals surface area contributed by atoms with Crippen LogP contribution < -0.4 is 10.2 Å². The third-order valence-electron chi connectivity index (χ3n) is 3.48. The summed E-state index contributed by atoms with van der Waals surface area (Å²) in [6, 6.07) is 4.30. The molecule has 0 saturated carbocycles. The second kappa shape index (κ2) is 7.60. The number of ether oxygens (including phenoxy) is 1. The lowest BCUT2D eigenvalue weighted by atomic mass is 10.2. The van der Waals surface area contributed by atoms with Gasteiger partial charge in [-0.2, -0.15) is 0 Å². The number of pyridine rings is 1. The van der Waals surface area contributed by atoms with E-state index >= 15 is 0 Å². The summed E-state index contributed by atoms with van der Waals surface area (Å²) in [4.78, 5) is 6.86. The third-order valence-corrected chi connectivity index (χ3v) is 3.48. The maximum atomic E-state index is 5.71. The van der Waals surface area contributed by atoms with Crippen LogP contribution in [0.4, 0.5) is 5.69 Å². The van der Waals surface area contributed by atoms with Crippen LogP contribution in [0.15, 0.2) is 18.3 Å². The van der Waals surface area contributed by atoms with Gasteiger partial charge in [-0.1, -0.05) is 13.8 Å². The Morgan fingerprint density at radius 1 is 1.50 bits per heavy atom. The second-order valence-corrected chi connectivity index (χ2v) is 6.01. The van der Waals surface area contributed by atoms with Crippen molar-refractivity contribution in [1.29, 1.82) is 0 Å². The zero-order valence-corrected chi connectivity index (χ0v) is 12.9. The van der Waals surface area contributed by atoms with Gasteiger partial charge in [0.15, 0.2) is 0 Å². The molecule has 112 valence electrons. The van der Waals surface area contributed by atoms with Crippen molar-refractivity contribution in [3.05, 3.63) is 24.0 Å². The van der Waals surface area contributed by atoms with Gasteiger partial charge in [0.05, 0.1) is 11.8 Å². The zero-order valence-electron chi connectivity index (χ0n) is 12.9. The number of anilines is 1. The molecule has 4 heteroatoms. The van der Waals surface area contributed by atoms with Crippen LogP contribution in [-0.2, 0) is 11.3 Å². The number of nitrogens with zero attached hydrogens (tertiary/aromatic N) is 2. The molecular weight excluding hydrogens is 250 g/mol. The summed E-state index contributed by atoms with van der Waals surface area (Å²) in [7, 11) is 0. The molecule has 1 aromatic heterocycles. The van der Waals surface area contributed by atoms with Crippen LogP contribution in [0.5, 0.6) is 0 Å². The Morgan fingerprint density at radius 3 is 3.15 bits per heavy atom. The maximum Gasteiger partial charge on any atom is 0.0721 e. The van der Waals surface area contributed by atoms with Crippen LogP contribution in [0.2, 0.25) is 0 Å². The van der Waals surface area contributed by atoms with Crippen LogP contribution in [0.25, 0.3) is 0 Å². The fraction of sp³-hybridized carbons (Fsp3) is 0.688. The van der Waals surface area contributed by atoms with E-state index < -0.39 is 0 Å². The smallest absolute Gasteiger partial charge is 0.0721 e. The molecule has 0 aliphatic carbocycles. The Bertz CT molecular complexity index is 408. The molecule has 1 aromatic rings. The predicted octanol–water partition coefficient (Wildman–Crippen LogP) is 2.44. The van der Waals surface area contributed by atoms with Crippen LogP contribution in [0, 0.1) is 5.92 Å². The summed E-state index contributed by atoms with van der Waals surface area (Å²) < 4.78 is 5.71. The Labute approximate surface area is 122 Å². The van der Waals surface area contributed by atoms with Crippen molar-refractivity contribution in [2.24, 2.45) is 5.92 Å². The van der Waals surface area contributed by atoms with E-state index in [0.717, 1.165) is 44.9 Å². The lowest BCUT2D eigenvalue weighted by Gasteiger charge is -2.24. The highest BCUT2D eigenvalue weighted by Gasteiger charge is 2.15. The first kappa shape index (κ1) is 15.3. The van der Waals surface area contributed by atoms with E-state index in [4.69, 9.17) is 4.74 Å². The van der Waals surface area contributed by atoms with Gasteiger partial charge in [-0.05, 0) is 37.9 Å². The predicted molar refractivity (Wildman–Crippen MR) is 83.0 cm³/mol. The van der Waals surface area contributed by atoms with Gasteiger partial charge in [0, 0.05) is 38.1 Å². The largest absolute Gasteiger partial charge is 0.377 e. The second-order valence-electron chi connectivity index (χ2n) is 6.01. The summed E-state index contributed by atoms with van der Waals surface area (Å²) >= 11 is 0. The van der Waals surface area contributed by atoms with Crippen molar-refractivity contribution in [2.75, 3.05) is 31.1 Å². The minimum absolute atomic E-state index is 0.299. The van der Waals surface area contributed by atoms with E-state index in [1.807, 2.05) is 6.20 Å². The summed E-state index contributed by atoms with van der Waals surface area (Å²) in [5, 5.41) is 3.45. The minimum Gasteiger partial charge on any atom is -0.377 e. The van der Waals surface area contributed by atoms with E-state index in [1.165, 1.54) is 5.69 Å². The normalized spacial score (nSPS) is 20.2. The lowest BCUT2D eigenvalue weighted by Crippen LogP contribution is -2.30. The highest BCUT2D eigenvalue weighted by Crippen LogP contribution is 2.18. The zero-order chi connectivity index (χ0) is 14.4. The average Bonchev–Trinajstić information content (AvgIpc) is 2.63. The number of rotatable bonds is 5. The van der Waals surface area contributed by atoms with Crippen molar-refractivity contribution in [3.63, 3.8) is 0 Å². The molecule has 1 atom stereocenters. The molecule has 2 rings (SSSR count). The summed E-state index contributed by atoms with van der Waals surface area (Å²) in [6.45, 7) is 11.3. The number of aromatic nitrogens is 1. The van der Waals surface area contributed by atoms with Gasteiger partial charge in [-0.3, -0.25) is 4.98 Å². The Hall–Kier alpha value is -1.13. The molecule has 1 N–H and O–H groups in total. The van der Waals surface area contributed by atoms with E-state index in [2.05, 4.69) is 48.1 Å².